The molecule has 1 aromatic rings. The van der Waals surface area contributed by atoms with Crippen molar-refractivity contribution in [1.29, 1.82) is 0 Å². The maximum absolute atomic E-state index is 12.6. The Morgan fingerprint density at radius 1 is 1.43 bits per heavy atom. The third-order valence-corrected chi connectivity index (χ3v) is 4.46. The van der Waals surface area contributed by atoms with Crippen molar-refractivity contribution in [2.45, 2.75) is 30.5 Å². The van der Waals surface area contributed by atoms with Crippen LogP contribution in [0.1, 0.15) is 18.9 Å². The first-order chi connectivity index (χ1) is 9.43. The number of benzene rings is 1. The molecule has 0 aliphatic rings. The predicted molar refractivity (Wildman–Crippen MR) is 68.5 cm³/mol. The number of aliphatic carboxylic acids is 1. The van der Waals surface area contributed by atoms with E-state index >= 15 is 0 Å². The van der Waals surface area contributed by atoms with Crippen LogP contribution in [-0.2, 0) is 21.0 Å². The van der Waals surface area contributed by atoms with Gasteiger partial charge in [0.15, 0.2) is 0 Å². The Kier molecular flexibility index (Phi) is 5.24. The number of carboxylic acid groups (broad SMARTS) is 1. The summed E-state index contributed by atoms with van der Waals surface area (Å²) < 4.78 is 63.7. The first kappa shape index (κ1) is 17.7. The van der Waals surface area contributed by atoms with E-state index in [1.807, 2.05) is 4.72 Å². The standard InChI is InChI=1S/C11H11ClF3NO4S/c1-6(4-10(17)18)16-21(19,20)9-5-7(11(13,14)15)2-3-8(9)12/h2-3,5-6,16H,4H2,1H3,(H,17,18)/t6-/m0/s1. The molecule has 1 aromatic carbocycles. The number of carbonyl (C=O) groups is 1. The molecule has 0 saturated carbocycles. The van der Waals surface area contributed by atoms with E-state index in [2.05, 4.69) is 0 Å². The van der Waals surface area contributed by atoms with Gasteiger partial charge in [-0.1, -0.05) is 11.6 Å². The van der Waals surface area contributed by atoms with Gasteiger partial charge < -0.3 is 5.11 Å². The first-order valence-electron chi connectivity index (χ1n) is 5.54. The zero-order valence-electron chi connectivity index (χ0n) is 10.6. The van der Waals surface area contributed by atoms with E-state index < -0.39 is 50.1 Å². The molecular formula is C11H11ClF3NO4S. The van der Waals surface area contributed by atoms with Crippen molar-refractivity contribution in [2.24, 2.45) is 0 Å². The number of alkyl halides is 3. The van der Waals surface area contributed by atoms with E-state index in [1.54, 1.807) is 0 Å². The maximum Gasteiger partial charge on any atom is 0.416 e. The molecule has 0 aromatic heterocycles. The summed E-state index contributed by atoms with van der Waals surface area (Å²) in [4.78, 5) is 9.72. The molecule has 0 unspecified atom stereocenters. The smallest absolute Gasteiger partial charge is 0.416 e. The number of halogens is 4. The third kappa shape index (κ3) is 4.87. The summed E-state index contributed by atoms with van der Waals surface area (Å²) in [7, 11) is -4.36. The van der Waals surface area contributed by atoms with Crippen LogP contribution >= 0.6 is 11.6 Å². The highest BCUT2D eigenvalue weighted by Crippen LogP contribution is 2.33. The van der Waals surface area contributed by atoms with Gasteiger partial charge in [-0.25, -0.2) is 13.1 Å². The summed E-state index contributed by atoms with van der Waals surface area (Å²) >= 11 is 5.62. The molecule has 0 radical (unpaired) electrons. The molecule has 10 heteroatoms. The minimum atomic E-state index is -4.72. The van der Waals surface area contributed by atoms with Crippen LogP contribution in [0.3, 0.4) is 0 Å². The lowest BCUT2D eigenvalue weighted by Crippen LogP contribution is -2.34. The molecule has 0 bridgehead atoms. The molecule has 0 aliphatic carbocycles. The van der Waals surface area contributed by atoms with Crippen molar-refractivity contribution in [2.75, 3.05) is 0 Å². The third-order valence-electron chi connectivity index (χ3n) is 2.39. The fraction of sp³-hybridized carbons (Fsp3) is 0.364. The normalized spacial score (nSPS) is 14.0. The van der Waals surface area contributed by atoms with Gasteiger partial charge in [-0.3, -0.25) is 4.79 Å². The van der Waals surface area contributed by atoms with Gasteiger partial charge in [-0.2, -0.15) is 13.2 Å². The highest BCUT2D eigenvalue weighted by Gasteiger charge is 2.33. The minimum Gasteiger partial charge on any atom is -0.481 e. The Balaban J connectivity index is 3.16. The molecule has 0 aliphatic heterocycles. The second kappa shape index (κ2) is 6.20. The lowest BCUT2D eigenvalue weighted by Gasteiger charge is -2.15. The lowest BCUT2D eigenvalue weighted by atomic mass is 10.2. The Morgan fingerprint density at radius 3 is 2.48 bits per heavy atom. The van der Waals surface area contributed by atoms with E-state index in [-0.39, 0.29) is 0 Å². The number of rotatable bonds is 5. The van der Waals surface area contributed by atoms with Crippen LogP contribution in [0.5, 0.6) is 0 Å². The molecular weight excluding hydrogens is 335 g/mol. The molecule has 1 rings (SSSR count). The zero-order chi connectivity index (χ0) is 16.4. The molecule has 118 valence electrons. The van der Waals surface area contributed by atoms with Crippen LogP contribution in [-0.4, -0.2) is 25.5 Å². The van der Waals surface area contributed by atoms with E-state index in [1.165, 1.54) is 6.92 Å². The number of nitrogens with one attached hydrogen (secondary N) is 1. The van der Waals surface area contributed by atoms with E-state index in [9.17, 15) is 26.4 Å². The first-order valence-corrected chi connectivity index (χ1v) is 7.40. The average molecular weight is 346 g/mol. The monoisotopic (exact) mass is 345 g/mol. The van der Waals surface area contributed by atoms with Crippen LogP contribution < -0.4 is 4.72 Å². The average Bonchev–Trinajstić information content (AvgIpc) is 2.25. The summed E-state index contributed by atoms with van der Waals surface area (Å²) in [6.45, 7) is 1.27. The minimum absolute atomic E-state index is 0.391. The predicted octanol–water partition coefficient (Wildman–Crippen LogP) is 2.50. The summed E-state index contributed by atoms with van der Waals surface area (Å²) in [5.41, 5.74) is -1.17. The van der Waals surface area contributed by atoms with E-state index in [4.69, 9.17) is 16.7 Å². The molecule has 0 heterocycles. The van der Waals surface area contributed by atoms with Gasteiger partial charge in [0.2, 0.25) is 10.0 Å². The van der Waals surface area contributed by atoms with Crippen molar-refractivity contribution < 1.29 is 31.5 Å². The van der Waals surface area contributed by atoms with Gasteiger partial charge in [-0.15, -0.1) is 0 Å². The quantitative estimate of drug-likeness (QED) is 0.859. The Morgan fingerprint density at radius 2 is 2.00 bits per heavy atom. The maximum atomic E-state index is 12.6. The van der Waals surface area contributed by atoms with Crippen LogP contribution in [0.15, 0.2) is 23.1 Å². The van der Waals surface area contributed by atoms with Crippen LogP contribution in [0, 0.1) is 0 Å². The van der Waals surface area contributed by atoms with Crippen molar-refractivity contribution in [3.63, 3.8) is 0 Å². The zero-order valence-corrected chi connectivity index (χ0v) is 12.2. The number of sulfonamides is 1. The highest BCUT2D eigenvalue weighted by molar-refractivity contribution is 7.89. The van der Waals surface area contributed by atoms with Crippen LogP contribution in [0.4, 0.5) is 13.2 Å². The summed E-state index contributed by atoms with van der Waals surface area (Å²) in [6.07, 6.45) is -5.24. The van der Waals surface area contributed by atoms with Crippen molar-refractivity contribution in [3.8, 4) is 0 Å². The number of hydrogen-bond acceptors (Lipinski definition) is 3. The molecule has 21 heavy (non-hydrogen) atoms. The van der Waals surface area contributed by atoms with Crippen LogP contribution in [0.2, 0.25) is 5.02 Å². The summed E-state index contributed by atoms with van der Waals surface area (Å²) in [5, 5.41) is 8.16. The fourth-order valence-electron chi connectivity index (χ4n) is 1.52. The number of hydrogen-bond donors (Lipinski definition) is 2. The van der Waals surface area contributed by atoms with Gasteiger partial charge in [0.1, 0.15) is 4.90 Å². The Hall–Kier alpha value is -1.32. The van der Waals surface area contributed by atoms with Gasteiger partial charge in [0, 0.05) is 6.04 Å². The lowest BCUT2D eigenvalue weighted by molar-refractivity contribution is -0.138. The Bertz CT molecular complexity index is 645. The Labute approximate surface area is 123 Å². The number of carboxylic acids is 1. The van der Waals surface area contributed by atoms with Crippen molar-refractivity contribution in [1.82, 2.24) is 4.72 Å². The van der Waals surface area contributed by atoms with Gasteiger partial charge >= 0.3 is 12.1 Å². The highest BCUT2D eigenvalue weighted by atomic mass is 35.5. The van der Waals surface area contributed by atoms with Gasteiger partial charge in [0.25, 0.3) is 0 Å². The molecule has 0 saturated heterocycles. The fourth-order valence-corrected chi connectivity index (χ4v) is 3.29. The summed E-state index contributed by atoms with van der Waals surface area (Å²) in [6, 6.07) is 0.874. The molecule has 1 atom stereocenters. The topological polar surface area (TPSA) is 83.5 Å². The molecule has 0 spiro atoms. The second-order valence-electron chi connectivity index (χ2n) is 4.26. The molecule has 0 amide bonds. The molecule has 5 nitrogen and oxygen atoms in total. The summed E-state index contributed by atoms with van der Waals surface area (Å²) in [5.74, 6) is -1.25. The second-order valence-corrected chi connectivity index (χ2v) is 6.35. The molecule has 0 fully saturated rings. The largest absolute Gasteiger partial charge is 0.481 e. The van der Waals surface area contributed by atoms with Crippen LogP contribution in [0.25, 0.3) is 0 Å². The van der Waals surface area contributed by atoms with E-state index in [0.29, 0.717) is 12.1 Å². The van der Waals surface area contributed by atoms with Crippen molar-refractivity contribution in [3.05, 3.63) is 28.8 Å². The van der Waals surface area contributed by atoms with Gasteiger partial charge in [-0.05, 0) is 25.1 Å². The van der Waals surface area contributed by atoms with Crippen molar-refractivity contribution >= 4 is 27.6 Å². The molecule has 2 N–H and O–H groups in total. The SMILES string of the molecule is C[C@@H](CC(=O)O)NS(=O)(=O)c1cc(C(F)(F)F)ccc1Cl. The van der Waals surface area contributed by atoms with E-state index in [0.717, 1.165) is 6.07 Å². The van der Waals surface area contributed by atoms with Gasteiger partial charge in [0.05, 0.1) is 17.0 Å².